The van der Waals surface area contributed by atoms with Crippen molar-refractivity contribution in [1.29, 1.82) is 0 Å². The van der Waals surface area contributed by atoms with E-state index in [0.717, 1.165) is 56.6 Å². The average molecular weight is 294 g/mol. The molecule has 1 heterocycles. The first-order valence-corrected chi connectivity index (χ1v) is 8.30. The molecule has 0 amide bonds. The van der Waals surface area contributed by atoms with Crippen molar-refractivity contribution in [2.45, 2.75) is 64.7 Å². The van der Waals surface area contributed by atoms with E-state index in [9.17, 15) is 0 Å². The van der Waals surface area contributed by atoms with Crippen LogP contribution in [0.3, 0.4) is 0 Å². The molecule has 0 spiro atoms. The van der Waals surface area contributed by atoms with Crippen LogP contribution in [0.25, 0.3) is 0 Å². The van der Waals surface area contributed by atoms with E-state index in [4.69, 9.17) is 9.15 Å². The molecular formula is C17H30N2O2. The lowest BCUT2D eigenvalue weighted by Gasteiger charge is -2.29. The van der Waals surface area contributed by atoms with Gasteiger partial charge in [-0.15, -0.1) is 0 Å². The van der Waals surface area contributed by atoms with Crippen LogP contribution in [0.2, 0.25) is 0 Å². The van der Waals surface area contributed by atoms with Crippen molar-refractivity contribution < 1.29 is 9.15 Å². The van der Waals surface area contributed by atoms with Crippen molar-refractivity contribution in [1.82, 2.24) is 10.2 Å². The number of nitrogens with zero attached hydrogens (tertiary/aromatic N) is 1. The van der Waals surface area contributed by atoms with Crippen LogP contribution in [0.5, 0.6) is 0 Å². The van der Waals surface area contributed by atoms with E-state index in [-0.39, 0.29) is 0 Å². The monoisotopic (exact) mass is 294 g/mol. The predicted octanol–water partition coefficient (Wildman–Crippen LogP) is 3.17. The van der Waals surface area contributed by atoms with E-state index in [0.29, 0.717) is 6.04 Å². The van der Waals surface area contributed by atoms with Gasteiger partial charge in [-0.25, -0.2) is 0 Å². The second-order valence-corrected chi connectivity index (χ2v) is 5.96. The third-order valence-electron chi connectivity index (χ3n) is 4.26. The van der Waals surface area contributed by atoms with Crippen LogP contribution >= 0.6 is 0 Å². The Hall–Kier alpha value is -0.840. The molecule has 1 aromatic heterocycles. The number of hydrogen-bond donors (Lipinski definition) is 1. The first-order chi connectivity index (χ1) is 10.3. The summed E-state index contributed by atoms with van der Waals surface area (Å²) in [6.07, 6.45) is 4.95. The minimum Gasteiger partial charge on any atom is -0.463 e. The molecule has 0 bridgehead atoms. The highest BCUT2D eigenvalue weighted by atomic mass is 16.5. The molecule has 1 aliphatic rings. The van der Waals surface area contributed by atoms with E-state index in [1.165, 1.54) is 12.8 Å². The van der Waals surface area contributed by atoms with E-state index < -0.39 is 0 Å². The Morgan fingerprint density at radius 2 is 2.00 bits per heavy atom. The summed E-state index contributed by atoms with van der Waals surface area (Å²) in [5.41, 5.74) is 0. The zero-order valence-electron chi connectivity index (χ0n) is 13.7. The van der Waals surface area contributed by atoms with Crippen LogP contribution in [0.1, 0.15) is 51.1 Å². The normalized spacial score (nSPS) is 15.3. The van der Waals surface area contributed by atoms with E-state index in [1.54, 1.807) is 7.11 Å². The Morgan fingerprint density at radius 1 is 1.29 bits per heavy atom. The first kappa shape index (κ1) is 16.5. The number of rotatable bonds is 11. The smallest absolute Gasteiger partial charge is 0.118 e. The topological polar surface area (TPSA) is 37.6 Å². The fourth-order valence-electron chi connectivity index (χ4n) is 2.74. The third kappa shape index (κ3) is 5.46. The zero-order valence-corrected chi connectivity index (χ0v) is 13.7. The van der Waals surface area contributed by atoms with Gasteiger partial charge in [0.05, 0.1) is 19.7 Å². The highest BCUT2D eigenvalue weighted by Crippen LogP contribution is 2.20. The summed E-state index contributed by atoms with van der Waals surface area (Å²) in [6, 6.07) is 5.54. The molecule has 1 fully saturated rings. The molecule has 21 heavy (non-hydrogen) atoms. The Morgan fingerprint density at radius 3 is 2.62 bits per heavy atom. The predicted molar refractivity (Wildman–Crippen MR) is 85.2 cm³/mol. The lowest BCUT2D eigenvalue weighted by Crippen LogP contribution is -2.36. The van der Waals surface area contributed by atoms with Crippen molar-refractivity contribution in [2.24, 2.45) is 0 Å². The molecule has 120 valence electrons. The molecule has 1 aromatic rings. The molecule has 4 nitrogen and oxygen atoms in total. The Kier molecular flexibility index (Phi) is 6.74. The molecule has 4 heteroatoms. The molecule has 1 N–H and O–H groups in total. The van der Waals surface area contributed by atoms with E-state index in [2.05, 4.69) is 36.2 Å². The largest absolute Gasteiger partial charge is 0.463 e. The summed E-state index contributed by atoms with van der Waals surface area (Å²) >= 11 is 0. The molecule has 2 rings (SSSR count). The quantitative estimate of drug-likeness (QED) is 0.680. The highest BCUT2D eigenvalue weighted by Gasteiger charge is 2.21. The summed E-state index contributed by atoms with van der Waals surface area (Å²) in [5, 5.41) is 3.49. The van der Waals surface area contributed by atoms with Gasteiger partial charge in [-0.3, -0.25) is 4.90 Å². The molecule has 1 aliphatic carbocycles. The van der Waals surface area contributed by atoms with Gasteiger partial charge in [0.2, 0.25) is 0 Å². The second-order valence-electron chi connectivity index (χ2n) is 5.96. The van der Waals surface area contributed by atoms with Crippen molar-refractivity contribution >= 4 is 0 Å². The molecule has 0 aliphatic heterocycles. The minimum absolute atomic E-state index is 0.596. The minimum atomic E-state index is 0.596. The van der Waals surface area contributed by atoms with Crippen molar-refractivity contribution in [3.8, 4) is 0 Å². The summed E-state index contributed by atoms with van der Waals surface area (Å²) in [4.78, 5) is 2.47. The van der Waals surface area contributed by atoms with Gasteiger partial charge in [0.15, 0.2) is 0 Å². The van der Waals surface area contributed by atoms with Crippen molar-refractivity contribution in [3.05, 3.63) is 23.7 Å². The van der Waals surface area contributed by atoms with E-state index in [1.807, 2.05) is 0 Å². The zero-order chi connectivity index (χ0) is 15.1. The summed E-state index contributed by atoms with van der Waals surface area (Å²) < 4.78 is 11.2. The maximum absolute atomic E-state index is 5.97. The lowest BCUT2D eigenvalue weighted by atomic mass is 10.1. The number of furan rings is 1. The van der Waals surface area contributed by atoms with Crippen LogP contribution < -0.4 is 5.32 Å². The van der Waals surface area contributed by atoms with Crippen LogP contribution in [-0.4, -0.2) is 37.2 Å². The molecule has 0 atom stereocenters. The number of ether oxygens (including phenoxy) is 1. The Bertz CT molecular complexity index is 397. The van der Waals surface area contributed by atoms with Gasteiger partial charge in [-0.1, -0.05) is 13.8 Å². The SMILES string of the molecule is CCC(CC)N(CCOC)Cc1ccc(CNC2CC2)o1. The fraction of sp³-hybridized carbons (Fsp3) is 0.765. The summed E-state index contributed by atoms with van der Waals surface area (Å²) in [6.45, 7) is 7.96. The lowest BCUT2D eigenvalue weighted by molar-refractivity contribution is 0.104. The van der Waals surface area contributed by atoms with Crippen LogP contribution in [-0.2, 0) is 17.8 Å². The Balaban J connectivity index is 1.87. The second kappa shape index (κ2) is 8.57. The standard InChI is InChI=1S/C17H30N2O2/c1-4-15(5-2)19(10-11-20-3)13-17-9-8-16(21-17)12-18-14-6-7-14/h8-9,14-15,18H,4-7,10-13H2,1-3H3. The average Bonchev–Trinajstić information content (AvgIpc) is 3.23. The maximum Gasteiger partial charge on any atom is 0.118 e. The van der Waals surface area contributed by atoms with Gasteiger partial charge in [-0.2, -0.15) is 0 Å². The molecule has 0 unspecified atom stereocenters. The molecule has 0 radical (unpaired) electrons. The highest BCUT2D eigenvalue weighted by molar-refractivity contribution is 5.07. The molecular weight excluding hydrogens is 264 g/mol. The van der Waals surface area contributed by atoms with Crippen LogP contribution in [0.15, 0.2) is 16.5 Å². The van der Waals surface area contributed by atoms with Crippen molar-refractivity contribution in [3.63, 3.8) is 0 Å². The number of nitrogens with one attached hydrogen (secondary N) is 1. The Labute approximate surface area is 128 Å². The van der Waals surface area contributed by atoms with Gasteiger partial charge in [0.25, 0.3) is 0 Å². The summed E-state index contributed by atoms with van der Waals surface area (Å²) in [5.74, 6) is 2.11. The number of hydrogen-bond acceptors (Lipinski definition) is 4. The van der Waals surface area contributed by atoms with Gasteiger partial charge >= 0.3 is 0 Å². The summed E-state index contributed by atoms with van der Waals surface area (Å²) in [7, 11) is 1.76. The van der Waals surface area contributed by atoms with Gasteiger partial charge in [0, 0.05) is 25.7 Å². The van der Waals surface area contributed by atoms with Crippen LogP contribution in [0.4, 0.5) is 0 Å². The van der Waals surface area contributed by atoms with Crippen LogP contribution in [0, 0.1) is 0 Å². The van der Waals surface area contributed by atoms with Crippen molar-refractivity contribution in [2.75, 3.05) is 20.3 Å². The molecule has 0 aromatic carbocycles. The first-order valence-electron chi connectivity index (χ1n) is 8.30. The van der Waals surface area contributed by atoms with E-state index >= 15 is 0 Å². The number of methoxy groups -OCH3 is 1. The molecule has 0 saturated heterocycles. The maximum atomic E-state index is 5.97. The van der Waals surface area contributed by atoms with Gasteiger partial charge < -0.3 is 14.5 Å². The molecule has 1 saturated carbocycles. The third-order valence-corrected chi connectivity index (χ3v) is 4.26. The fourth-order valence-corrected chi connectivity index (χ4v) is 2.74. The van der Waals surface area contributed by atoms with Gasteiger partial charge in [0.1, 0.15) is 11.5 Å². The van der Waals surface area contributed by atoms with Gasteiger partial charge in [-0.05, 0) is 37.8 Å².